The molecule has 4 atom stereocenters. The van der Waals surface area contributed by atoms with Gasteiger partial charge in [-0.3, -0.25) is 14.4 Å². The van der Waals surface area contributed by atoms with Crippen molar-refractivity contribution in [3.8, 4) is 0 Å². The van der Waals surface area contributed by atoms with Crippen LogP contribution in [0.1, 0.15) is 71.6 Å². The molecule has 0 aliphatic heterocycles. The van der Waals surface area contributed by atoms with Gasteiger partial charge in [-0.2, -0.15) is 0 Å². The minimum Gasteiger partial charge on any atom is -0.469 e. The summed E-state index contributed by atoms with van der Waals surface area (Å²) in [6.07, 6.45) is 5.86. The molecule has 1 N–H and O–H groups in total. The number of oxime groups is 1. The third-order valence-electron chi connectivity index (χ3n) is 6.49. The summed E-state index contributed by atoms with van der Waals surface area (Å²) < 4.78 is 15.9. The first kappa shape index (κ1) is 29.7. The Bertz CT molecular complexity index is 861. The Kier molecular flexibility index (Phi) is 13.4. The summed E-state index contributed by atoms with van der Waals surface area (Å²) in [4.78, 5) is 35.9. The second kappa shape index (κ2) is 16.2. The third kappa shape index (κ3) is 10.6. The van der Waals surface area contributed by atoms with E-state index in [2.05, 4.69) is 9.89 Å². The molecule has 0 spiro atoms. The quantitative estimate of drug-likeness (QED) is 0.0815. The van der Waals surface area contributed by atoms with Crippen LogP contribution >= 0.6 is 11.8 Å². The number of unbranched alkanes of at least 4 members (excludes halogenated alkanes) is 3. The lowest BCUT2D eigenvalue weighted by Gasteiger charge is -2.25. The van der Waals surface area contributed by atoms with Gasteiger partial charge in [0, 0.05) is 49.2 Å². The molecule has 0 aromatic heterocycles. The minimum atomic E-state index is -0.349. The van der Waals surface area contributed by atoms with Crippen molar-refractivity contribution in [1.29, 1.82) is 0 Å². The van der Waals surface area contributed by atoms with E-state index >= 15 is 0 Å². The average molecular weight is 522 g/mol. The number of nitrogens with zero attached hydrogens (tertiary/aromatic N) is 1. The van der Waals surface area contributed by atoms with Gasteiger partial charge in [-0.15, -0.1) is 11.8 Å². The lowest BCUT2D eigenvalue weighted by Crippen LogP contribution is -2.27. The Morgan fingerprint density at radius 2 is 1.78 bits per heavy atom. The topological polar surface area (TPSA) is 111 Å². The van der Waals surface area contributed by atoms with Crippen LogP contribution in [0, 0.1) is 11.8 Å². The molecule has 1 aromatic carbocycles. The molecular formula is C27H39NO7S. The van der Waals surface area contributed by atoms with Crippen LogP contribution in [0.15, 0.2) is 40.4 Å². The van der Waals surface area contributed by atoms with Crippen LogP contribution in [0.5, 0.6) is 0 Å². The smallest absolute Gasteiger partial charge is 0.305 e. The van der Waals surface area contributed by atoms with Crippen LogP contribution in [0.3, 0.4) is 0 Å². The molecule has 0 amide bonds. The Hall–Kier alpha value is -2.55. The third-order valence-corrected chi connectivity index (χ3v) is 7.63. The fourth-order valence-electron chi connectivity index (χ4n) is 4.83. The van der Waals surface area contributed by atoms with Crippen molar-refractivity contribution in [2.45, 2.75) is 88.7 Å². The second-order valence-electron chi connectivity index (χ2n) is 9.18. The molecule has 1 aromatic rings. The van der Waals surface area contributed by atoms with Crippen molar-refractivity contribution in [2.24, 2.45) is 17.0 Å². The zero-order valence-electron chi connectivity index (χ0n) is 21.5. The summed E-state index contributed by atoms with van der Waals surface area (Å²) in [5.41, 5.74) is 0.634. The molecule has 9 heteroatoms. The first-order chi connectivity index (χ1) is 17.3. The predicted molar refractivity (Wildman–Crippen MR) is 138 cm³/mol. The lowest BCUT2D eigenvalue weighted by molar-refractivity contribution is -0.149. The van der Waals surface area contributed by atoms with Crippen molar-refractivity contribution in [3.63, 3.8) is 0 Å². The molecule has 1 saturated carbocycles. The lowest BCUT2D eigenvalue weighted by atomic mass is 9.85. The molecule has 0 bridgehead atoms. The van der Waals surface area contributed by atoms with E-state index in [4.69, 9.17) is 9.47 Å². The molecule has 2 rings (SSSR count). The van der Waals surface area contributed by atoms with E-state index in [0.717, 1.165) is 37.0 Å². The predicted octanol–water partition coefficient (Wildman–Crippen LogP) is 5.40. The maximum absolute atomic E-state index is 11.7. The molecule has 0 heterocycles. The SMILES string of the molecule is COC(=O)CCCCCCC1C(OC(C)=O)C/C(=N/O)C1CCC(CSc1ccccc1)OC(C)=O. The van der Waals surface area contributed by atoms with Gasteiger partial charge in [-0.05, 0) is 37.8 Å². The van der Waals surface area contributed by atoms with Crippen molar-refractivity contribution in [2.75, 3.05) is 12.9 Å². The number of carbonyl (C=O) groups excluding carboxylic acids is 3. The van der Waals surface area contributed by atoms with Crippen LogP contribution in [0.25, 0.3) is 0 Å². The zero-order valence-corrected chi connectivity index (χ0v) is 22.3. The molecule has 0 radical (unpaired) electrons. The van der Waals surface area contributed by atoms with Gasteiger partial charge >= 0.3 is 17.9 Å². The fraction of sp³-hybridized carbons (Fsp3) is 0.630. The number of esters is 3. The molecule has 8 nitrogen and oxygen atoms in total. The normalized spacial score (nSPS) is 21.2. The van der Waals surface area contributed by atoms with Gasteiger partial charge in [0.05, 0.1) is 12.8 Å². The molecule has 1 fully saturated rings. The number of carbonyl (C=O) groups is 3. The summed E-state index contributed by atoms with van der Waals surface area (Å²) in [6.45, 7) is 2.81. The first-order valence-electron chi connectivity index (χ1n) is 12.6. The number of methoxy groups -OCH3 is 1. The average Bonchev–Trinajstić information content (AvgIpc) is 3.18. The molecule has 4 unspecified atom stereocenters. The van der Waals surface area contributed by atoms with Crippen molar-refractivity contribution < 1.29 is 33.8 Å². The number of hydrogen-bond acceptors (Lipinski definition) is 9. The standard InChI is InChI=1S/C27H39NO7S/c1-19(29)34-21(18-36-22-11-7-6-8-12-22)15-16-23-24(13-9-4-5-10-14-27(31)33-3)26(35-20(2)30)17-25(23)28-32/h6-8,11-12,21,23-24,26,32H,4-5,9-10,13-18H2,1-3H3/b28-25-. The van der Waals surface area contributed by atoms with E-state index in [-0.39, 0.29) is 42.0 Å². The molecule has 0 saturated heterocycles. The Morgan fingerprint density at radius 1 is 1.06 bits per heavy atom. The van der Waals surface area contributed by atoms with Gasteiger partial charge in [0.2, 0.25) is 0 Å². The van der Waals surface area contributed by atoms with Gasteiger partial charge < -0.3 is 19.4 Å². The summed E-state index contributed by atoms with van der Waals surface area (Å²) in [5.74, 6) is -0.276. The van der Waals surface area contributed by atoms with Crippen molar-refractivity contribution in [3.05, 3.63) is 30.3 Å². The summed E-state index contributed by atoms with van der Waals surface area (Å²) in [6, 6.07) is 9.95. The maximum Gasteiger partial charge on any atom is 0.305 e. The number of rotatable bonds is 15. The highest BCUT2D eigenvalue weighted by Crippen LogP contribution is 2.39. The van der Waals surface area contributed by atoms with Crippen molar-refractivity contribution >= 4 is 35.4 Å². The van der Waals surface area contributed by atoms with Crippen LogP contribution in [-0.2, 0) is 28.6 Å². The van der Waals surface area contributed by atoms with E-state index in [0.29, 0.717) is 37.1 Å². The Balaban J connectivity index is 1.99. The molecule has 1 aliphatic carbocycles. The van der Waals surface area contributed by atoms with E-state index in [1.54, 1.807) is 11.8 Å². The molecule has 200 valence electrons. The van der Waals surface area contributed by atoms with Crippen LogP contribution < -0.4 is 0 Å². The van der Waals surface area contributed by atoms with E-state index in [9.17, 15) is 19.6 Å². The number of benzene rings is 1. The number of hydrogen-bond donors (Lipinski definition) is 1. The maximum atomic E-state index is 11.7. The highest BCUT2D eigenvalue weighted by molar-refractivity contribution is 7.99. The van der Waals surface area contributed by atoms with Gasteiger partial charge in [0.25, 0.3) is 0 Å². The largest absolute Gasteiger partial charge is 0.469 e. The van der Waals surface area contributed by atoms with Crippen LogP contribution in [0.4, 0.5) is 0 Å². The first-order valence-corrected chi connectivity index (χ1v) is 13.6. The number of ether oxygens (including phenoxy) is 3. The Labute approximate surface area is 218 Å². The minimum absolute atomic E-state index is 0.0279. The summed E-state index contributed by atoms with van der Waals surface area (Å²) >= 11 is 1.64. The molecule has 36 heavy (non-hydrogen) atoms. The Morgan fingerprint density at radius 3 is 2.42 bits per heavy atom. The van der Waals surface area contributed by atoms with Gasteiger partial charge in [0.15, 0.2) is 0 Å². The van der Waals surface area contributed by atoms with E-state index < -0.39 is 0 Å². The number of thioether (sulfide) groups is 1. The van der Waals surface area contributed by atoms with Crippen LogP contribution in [0.2, 0.25) is 0 Å². The molecule has 1 aliphatic rings. The van der Waals surface area contributed by atoms with Crippen LogP contribution in [-0.4, -0.2) is 53.9 Å². The van der Waals surface area contributed by atoms with E-state index in [1.165, 1.54) is 21.0 Å². The second-order valence-corrected chi connectivity index (χ2v) is 10.3. The fourth-order valence-corrected chi connectivity index (χ4v) is 5.79. The van der Waals surface area contributed by atoms with Gasteiger partial charge in [-0.1, -0.05) is 42.6 Å². The monoisotopic (exact) mass is 521 g/mol. The van der Waals surface area contributed by atoms with Gasteiger partial charge in [0.1, 0.15) is 12.2 Å². The van der Waals surface area contributed by atoms with Gasteiger partial charge in [-0.25, -0.2) is 0 Å². The summed E-state index contributed by atoms with van der Waals surface area (Å²) in [5, 5.41) is 13.3. The highest BCUT2D eigenvalue weighted by atomic mass is 32.2. The highest BCUT2D eigenvalue weighted by Gasteiger charge is 2.42. The van der Waals surface area contributed by atoms with Crippen molar-refractivity contribution in [1.82, 2.24) is 0 Å². The zero-order chi connectivity index (χ0) is 26.3. The summed E-state index contributed by atoms with van der Waals surface area (Å²) in [7, 11) is 1.39. The molecular weight excluding hydrogens is 482 g/mol. The van der Waals surface area contributed by atoms with E-state index in [1.807, 2.05) is 30.3 Å².